The zero-order valence-electron chi connectivity index (χ0n) is 8.84. The zero-order valence-corrected chi connectivity index (χ0v) is 9.74. The van der Waals surface area contributed by atoms with E-state index in [1.807, 2.05) is 49.3 Å². The van der Waals surface area contributed by atoms with Gasteiger partial charge >= 0.3 is 0 Å². The van der Waals surface area contributed by atoms with E-state index in [0.717, 1.165) is 11.4 Å². The Kier molecular flexibility index (Phi) is 3.31. The molecule has 2 rings (SSSR count). The summed E-state index contributed by atoms with van der Waals surface area (Å²) in [6.07, 6.45) is 0. The first kappa shape index (κ1) is 10.6. The first-order chi connectivity index (χ1) is 7.31. The summed E-state index contributed by atoms with van der Waals surface area (Å²) in [6, 6.07) is 10.1. The summed E-state index contributed by atoms with van der Waals surface area (Å²) in [5.74, 6) is 0.940. The van der Waals surface area contributed by atoms with Gasteiger partial charge in [-0.3, -0.25) is 5.01 Å². The third kappa shape index (κ3) is 2.34. The van der Waals surface area contributed by atoms with Crippen LogP contribution in [0, 0.1) is 0 Å². The largest absolute Gasteiger partial charge is 0.325 e. The van der Waals surface area contributed by atoms with Crippen LogP contribution >= 0.6 is 8.45 Å². The Morgan fingerprint density at radius 3 is 2.80 bits per heavy atom. The number of benzene rings is 1. The van der Waals surface area contributed by atoms with Gasteiger partial charge in [0.25, 0.3) is 8.45 Å². The van der Waals surface area contributed by atoms with Crippen molar-refractivity contribution in [2.24, 2.45) is 4.76 Å². The van der Waals surface area contributed by atoms with Crippen LogP contribution in [0.1, 0.15) is 12.5 Å². The Morgan fingerprint density at radius 2 is 2.13 bits per heavy atom. The standard InChI is InChI=1S/C10H14N3OP/c1-3-14-15-11-10(13(2)12-15)9-7-5-4-6-8-9/h4-8,12H,3H2,1-2H3. The van der Waals surface area contributed by atoms with Gasteiger partial charge in [0.05, 0.1) is 6.61 Å². The second-order valence-electron chi connectivity index (χ2n) is 3.14. The molecule has 1 aliphatic rings. The molecule has 1 N–H and O–H groups in total. The normalized spacial score (nSPS) is 20.5. The van der Waals surface area contributed by atoms with Crippen LogP contribution in [0.4, 0.5) is 0 Å². The molecule has 0 amide bonds. The van der Waals surface area contributed by atoms with Gasteiger partial charge in [0.15, 0.2) is 5.84 Å². The van der Waals surface area contributed by atoms with Gasteiger partial charge in [0, 0.05) is 12.6 Å². The minimum absolute atomic E-state index is 0.679. The lowest BCUT2D eigenvalue weighted by Gasteiger charge is -2.14. The smallest absolute Gasteiger partial charge is 0.256 e. The number of amidine groups is 1. The van der Waals surface area contributed by atoms with Crippen LogP contribution in [0.25, 0.3) is 0 Å². The fraction of sp³-hybridized carbons (Fsp3) is 0.300. The van der Waals surface area contributed by atoms with Gasteiger partial charge < -0.3 is 4.52 Å². The van der Waals surface area contributed by atoms with Crippen molar-refractivity contribution in [2.75, 3.05) is 13.7 Å². The molecule has 15 heavy (non-hydrogen) atoms. The summed E-state index contributed by atoms with van der Waals surface area (Å²) in [6.45, 7) is 2.65. The molecule has 1 heterocycles. The maximum absolute atomic E-state index is 5.45. The molecule has 0 saturated carbocycles. The van der Waals surface area contributed by atoms with E-state index < -0.39 is 8.45 Å². The molecule has 1 atom stereocenters. The molecule has 1 aliphatic heterocycles. The van der Waals surface area contributed by atoms with Gasteiger partial charge in [-0.2, -0.15) is 9.96 Å². The van der Waals surface area contributed by atoms with Crippen LogP contribution in [0.15, 0.2) is 35.1 Å². The number of hydrogen-bond donors (Lipinski definition) is 1. The van der Waals surface area contributed by atoms with Crippen LogP contribution in [0.2, 0.25) is 0 Å². The first-order valence-electron chi connectivity index (χ1n) is 4.88. The summed E-state index contributed by atoms with van der Waals surface area (Å²) < 4.78 is 9.95. The molecule has 0 aromatic heterocycles. The molecule has 0 fully saturated rings. The highest BCUT2D eigenvalue weighted by atomic mass is 31.2. The van der Waals surface area contributed by atoms with Crippen molar-refractivity contribution in [1.82, 2.24) is 10.2 Å². The van der Waals surface area contributed by atoms with E-state index in [0.29, 0.717) is 6.61 Å². The molecule has 0 bridgehead atoms. The van der Waals surface area contributed by atoms with Crippen molar-refractivity contribution in [3.8, 4) is 0 Å². The first-order valence-corrected chi connectivity index (χ1v) is 6.09. The molecule has 0 aliphatic carbocycles. The topological polar surface area (TPSA) is 36.9 Å². The predicted molar refractivity (Wildman–Crippen MR) is 62.4 cm³/mol. The lowest BCUT2D eigenvalue weighted by atomic mass is 10.2. The molecule has 0 spiro atoms. The quantitative estimate of drug-likeness (QED) is 0.798. The van der Waals surface area contributed by atoms with Crippen molar-refractivity contribution in [3.05, 3.63) is 35.9 Å². The summed E-state index contributed by atoms with van der Waals surface area (Å²) in [5, 5.41) is 5.09. The molecule has 80 valence electrons. The zero-order chi connectivity index (χ0) is 10.7. The van der Waals surface area contributed by atoms with E-state index >= 15 is 0 Å². The molecular weight excluding hydrogens is 209 g/mol. The predicted octanol–water partition coefficient (Wildman–Crippen LogP) is 2.15. The van der Waals surface area contributed by atoms with E-state index in [9.17, 15) is 0 Å². The number of hydrogen-bond acceptors (Lipinski definition) is 4. The molecule has 1 unspecified atom stereocenters. The second kappa shape index (κ2) is 4.71. The van der Waals surface area contributed by atoms with Crippen molar-refractivity contribution in [2.45, 2.75) is 6.92 Å². The van der Waals surface area contributed by atoms with Gasteiger partial charge in [0.2, 0.25) is 0 Å². The fourth-order valence-corrected chi connectivity index (χ4v) is 2.55. The molecule has 5 heteroatoms. The Labute approximate surface area is 90.9 Å². The highest BCUT2D eigenvalue weighted by molar-refractivity contribution is 7.49. The molecule has 1 aromatic carbocycles. The molecule has 1 aromatic rings. The fourth-order valence-electron chi connectivity index (χ4n) is 1.37. The van der Waals surface area contributed by atoms with E-state index in [4.69, 9.17) is 4.52 Å². The van der Waals surface area contributed by atoms with Gasteiger partial charge in [-0.05, 0) is 6.92 Å². The summed E-state index contributed by atoms with van der Waals surface area (Å²) in [7, 11) is 1.07. The van der Waals surface area contributed by atoms with Crippen molar-refractivity contribution < 1.29 is 4.52 Å². The van der Waals surface area contributed by atoms with Crippen LogP contribution in [0.5, 0.6) is 0 Å². The minimum Gasteiger partial charge on any atom is -0.325 e. The van der Waals surface area contributed by atoms with Gasteiger partial charge in [-0.25, -0.2) is 0 Å². The Hall–Kier alpha value is -0.960. The molecule has 4 nitrogen and oxygen atoms in total. The average molecular weight is 223 g/mol. The molecule has 0 saturated heterocycles. The Bertz CT molecular complexity index is 355. The number of hydrazine groups is 1. The van der Waals surface area contributed by atoms with Crippen LogP contribution in [-0.4, -0.2) is 24.5 Å². The highest BCUT2D eigenvalue weighted by Crippen LogP contribution is 2.39. The summed E-state index contributed by atoms with van der Waals surface area (Å²) in [4.78, 5) is 0. The van der Waals surface area contributed by atoms with Crippen LogP contribution in [0.3, 0.4) is 0 Å². The monoisotopic (exact) mass is 223 g/mol. The van der Waals surface area contributed by atoms with E-state index in [2.05, 4.69) is 9.96 Å². The third-order valence-electron chi connectivity index (χ3n) is 2.02. The lowest BCUT2D eigenvalue weighted by Crippen LogP contribution is -2.31. The number of nitrogens with zero attached hydrogens (tertiary/aromatic N) is 2. The SMILES string of the molecule is CCOP1N=C(c2ccccc2)N(C)N1. The maximum atomic E-state index is 5.45. The lowest BCUT2D eigenvalue weighted by molar-refractivity contribution is 0.356. The number of nitrogens with one attached hydrogen (secondary N) is 1. The minimum atomic E-state index is -0.884. The van der Waals surface area contributed by atoms with E-state index in [1.165, 1.54) is 0 Å². The molecular formula is C10H14N3OP. The average Bonchev–Trinajstić information content (AvgIpc) is 2.61. The summed E-state index contributed by atoms with van der Waals surface area (Å²) in [5.41, 5.74) is 1.11. The van der Waals surface area contributed by atoms with Crippen molar-refractivity contribution >= 4 is 14.3 Å². The maximum Gasteiger partial charge on any atom is 0.256 e. The van der Waals surface area contributed by atoms with Gasteiger partial charge in [-0.1, -0.05) is 30.3 Å². The van der Waals surface area contributed by atoms with Crippen LogP contribution < -0.4 is 5.20 Å². The van der Waals surface area contributed by atoms with Gasteiger partial charge in [0.1, 0.15) is 0 Å². The number of rotatable bonds is 3. The Morgan fingerprint density at radius 1 is 1.40 bits per heavy atom. The van der Waals surface area contributed by atoms with Crippen molar-refractivity contribution in [3.63, 3.8) is 0 Å². The Balaban J connectivity index is 2.18. The second-order valence-corrected chi connectivity index (χ2v) is 4.34. The third-order valence-corrected chi connectivity index (χ3v) is 3.37. The van der Waals surface area contributed by atoms with Crippen LogP contribution in [-0.2, 0) is 4.52 Å². The summed E-state index contributed by atoms with van der Waals surface area (Å²) >= 11 is 0. The van der Waals surface area contributed by atoms with E-state index in [-0.39, 0.29) is 0 Å². The highest BCUT2D eigenvalue weighted by Gasteiger charge is 2.23. The van der Waals surface area contributed by atoms with Gasteiger partial charge in [-0.15, -0.1) is 0 Å². The molecule has 0 radical (unpaired) electrons. The van der Waals surface area contributed by atoms with E-state index in [1.54, 1.807) is 0 Å². The van der Waals surface area contributed by atoms with Crippen molar-refractivity contribution in [1.29, 1.82) is 0 Å².